The third kappa shape index (κ3) is 5.39. The molecule has 3 unspecified atom stereocenters. The smallest absolute Gasteiger partial charge is 0.408 e. The van der Waals surface area contributed by atoms with Crippen LogP contribution in [0.15, 0.2) is 78.9 Å². The number of fused-ring (bicyclic) bond motifs is 3. The van der Waals surface area contributed by atoms with Crippen LogP contribution in [-0.2, 0) is 20.9 Å². The molecule has 8 heteroatoms. The topological polar surface area (TPSA) is 99.2 Å². The highest BCUT2D eigenvalue weighted by Crippen LogP contribution is 2.44. The number of hydrogen-bond donors (Lipinski definition) is 2. The van der Waals surface area contributed by atoms with Crippen LogP contribution in [-0.4, -0.2) is 71.2 Å². The van der Waals surface area contributed by atoms with Crippen molar-refractivity contribution in [2.45, 2.75) is 37.8 Å². The van der Waals surface area contributed by atoms with Crippen LogP contribution < -0.4 is 5.32 Å². The van der Waals surface area contributed by atoms with E-state index in [-0.39, 0.29) is 30.9 Å². The summed E-state index contributed by atoms with van der Waals surface area (Å²) in [5.41, 5.74) is 4.46. The summed E-state index contributed by atoms with van der Waals surface area (Å²) in [6.07, 6.45) is 0.399. The molecule has 0 saturated carbocycles. The zero-order chi connectivity index (χ0) is 29.3. The van der Waals surface area contributed by atoms with Gasteiger partial charge in [-0.15, -0.1) is 0 Å². The van der Waals surface area contributed by atoms with E-state index in [1.54, 1.807) is 4.90 Å². The van der Waals surface area contributed by atoms with Gasteiger partial charge in [0.15, 0.2) is 0 Å². The Hall–Kier alpha value is -4.17. The maximum Gasteiger partial charge on any atom is 0.408 e. The van der Waals surface area contributed by atoms with Gasteiger partial charge in [0, 0.05) is 38.6 Å². The second kappa shape index (κ2) is 11.6. The molecule has 8 nitrogen and oxygen atoms in total. The van der Waals surface area contributed by atoms with Crippen molar-refractivity contribution in [1.82, 2.24) is 15.1 Å². The molecule has 6 rings (SSSR count). The summed E-state index contributed by atoms with van der Waals surface area (Å²) in [7, 11) is 0. The zero-order valence-corrected chi connectivity index (χ0v) is 23.9. The monoisotopic (exact) mass is 567 g/mol. The lowest BCUT2D eigenvalue weighted by molar-refractivity contribution is -0.150. The van der Waals surface area contributed by atoms with Crippen LogP contribution in [0.4, 0.5) is 4.79 Å². The minimum Gasteiger partial charge on any atom is -0.481 e. The molecular formula is C34H37N3O5. The molecule has 3 aliphatic rings. The standard InChI is InChI=1S/C34H37N3O5/c1-23-15-17-37(20-29(23)31(38)39)32(40)34(16-18-36(22-34)19-24-9-3-2-4-10-24)35-33(41)42-21-30-27-13-7-5-11-25(27)26-12-6-8-14-28(26)30/h2-14,23,29-30H,15-22H2,1H3,(H,35,41)(H,38,39). The van der Waals surface area contributed by atoms with Crippen molar-refractivity contribution in [3.8, 4) is 11.1 Å². The molecule has 2 saturated heterocycles. The number of carbonyl (C=O) groups excluding carboxylic acids is 2. The van der Waals surface area contributed by atoms with Gasteiger partial charge in [-0.05, 0) is 46.6 Å². The molecule has 2 aliphatic heterocycles. The number of aliphatic carboxylic acids is 1. The summed E-state index contributed by atoms with van der Waals surface area (Å²) in [6, 6.07) is 26.4. The Balaban J connectivity index is 1.20. The van der Waals surface area contributed by atoms with E-state index in [0.29, 0.717) is 39.0 Å². The normalized spacial score (nSPS) is 23.7. The average molecular weight is 568 g/mol. The van der Waals surface area contributed by atoms with E-state index in [0.717, 1.165) is 27.8 Å². The Morgan fingerprint density at radius 2 is 1.57 bits per heavy atom. The SMILES string of the molecule is CC1CCN(C(=O)C2(NC(=O)OCC3c4ccccc4-c4ccccc43)CCN(Cc3ccccc3)C2)CC1C(=O)O. The number of likely N-dealkylation sites (tertiary alicyclic amines) is 2. The Bertz CT molecular complexity index is 1430. The van der Waals surface area contributed by atoms with Gasteiger partial charge >= 0.3 is 12.1 Å². The Morgan fingerprint density at radius 3 is 2.24 bits per heavy atom. The van der Waals surface area contributed by atoms with Gasteiger partial charge in [0.05, 0.1) is 5.92 Å². The van der Waals surface area contributed by atoms with E-state index in [4.69, 9.17) is 4.74 Å². The van der Waals surface area contributed by atoms with Crippen molar-refractivity contribution in [1.29, 1.82) is 0 Å². The fraction of sp³-hybridized carbons (Fsp3) is 0.382. The second-order valence-electron chi connectivity index (χ2n) is 11.9. The lowest BCUT2D eigenvalue weighted by Gasteiger charge is -2.40. The second-order valence-corrected chi connectivity index (χ2v) is 11.9. The molecule has 3 atom stereocenters. The Labute approximate surface area is 246 Å². The molecular weight excluding hydrogens is 530 g/mol. The van der Waals surface area contributed by atoms with Crippen LogP contribution >= 0.6 is 0 Å². The summed E-state index contributed by atoms with van der Waals surface area (Å²) in [5.74, 6) is -1.86. The summed E-state index contributed by atoms with van der Waals surface area (Å²) in [5, 5.41) is 12.8. The first-order valence-electron chi connectivity index (χ1n) is 14.8. The summed E-state index contributed by atoms with van der Waals surface area (Å²) >= 11 is 0. The number of ether oxygens (including phenoxy) is 1. The summed E-state index contributed by atoms with van der Waals surface area (Å²) in [6.45, 7) is 4.28. The number of carbonyl (C=O) groups is 3. The summed E-state index contributed by atoms with van der Waals surface area (Å²) in [4.78, 5) is 43.3. The highest BCUT2D eigenvalue weighted by molar-refractivity contribution is 5.91. The van der Waals surface area contributed by atoms with Gasteiger partial charge in [0.2, 0.25) is 5.91 Å². The Morgan fingerprint density at radius 1 is 0.929 bits per heavy atom. The number of amides is 2. The van der Waals surface area contributed by atoms with E-state index in [1.165, 1.54) is 0 Å². The maximum atomic E-state index is 14.2. The molecule has 0 spiro atoms. The number of rotatable bonds is 7. The minimum atomic E-state index is -1.19. The van der Waals surface area contributed by atoms with Crippen molar-refractivity contribution in [3.63, 3.8) is 0 Å². The number of alkyl carbamates (subject to hydrolysis) is 1. The lowest BCUT2D eigenvalue weighted by atomic mass is 9.85. The number of piperidine rings is 1. The van der Waals surface area contributed by atoms with Gasteiger partial charge in [0.25, 0.3) is 0 Å². The first-order chi connectivity index (χ1) is 20.3. The van der Waals surface area contributed by atoms with Gasteiger partial charge in [-0.25, -0.2) is 4.79 Å². The molecule has 2 N–H and O–H groups in total. The third-order valence-corrected chi connectivity index (χ3v) is 9.25. The van der Waals surface area contributed by atoms with Crippen LogP contribution in [0.1, 0.15) is 42.4 Å². The van der Waals surface area contributed by atoms with Crippen molar-refractivity contribution in [2.75, 3.05) is 32.8 Å². The highest BCUT2D eigenvalue weighted by Gasteiger charge is 2.50. The van der Waals surface area contributed by atoms with Crippen LogP contribution in [0.25, 0.3) is 11.1 Å². The average Bonchev–Trinajstić information content (AvgIpc) is 3.55. The van der Waals surface area contributed by atoms with Crippen molar-refractivity contribution in [3.05, 3.63) is 95.6 Å². The number of hydrogen-bond acceptors (Lipinski definition) is 5. The number of carboxylic acid groups (broad SMARTS) is 1. The molecule has 218 valence electrons. The van der Waals surface area contributed by atoms with E-state index >= 15 is 0 Å². The number of carboxylic acids is 1. The quantitative estimate of drug-likeness (QED) is 0.428. The molecule has 0 bridgehead atoms. The molecule has 1 aliphatic carbocycles. The molecule has 2 heterocycles. The van der Waals surface area contributed by atoms with E-state index in [1.807, 2.05) is 61.5 Å². The van der Waals surface area contributed by atoms with Crippen molar-refractivity contribution < 1.29 is 24.2 Å². The molecule has 2 fully saturated rings. The van der Waals surface area contributed by atoms with Crippen LogP contribution in [0.3, 0.4) is 0 Å². The van der Waals surface area contributed by atoms with Gasteiger partial charge in [-0.2, -0.15) is 0 Å². The molecule has 42 heavy (non-hydrogen) atoms. The Kier molecular flexibility index (Phi) is 7.73. The minimum absolute atomic E-state index is 0.0178. The highest BCUT2D eigenvalue weighted by atomic mass is 16.5. The predicted molar refractivity (Wildman–Crippen MR) is 159 cm³/mol. The fourth-order valence-corrected chi connectivity index (χ4v) is 6.90. The fourth-order valence-electron chi connectivity index (χ4n) is 6.90. The number of nitrogens with zero attached hydrogens (tertiary/aromatic N) is 2. The van der Waals surface area contributed by atoms with E-state index < -0.39 is 23.5 Å². The number of nitrogens with one attached hydrogen (secondary N) is 1. The molecule has 0 radical (unpaired) electrons. The molecule has 2 amide bonds. The van der Waals surface area contributed by atoms with Gasteiger partial charge in [0.1, 0.15) is 12.1 Å². The third-order valence-electron chi connectivity index (χ3n) is 9.25. The number of benzene rings is 3. The van der Waals surface area contributed by atoms with E-state index in [2.05, 4.69) is 34.5 Å². The van der Waals surface area contributed by atoms with Crippen molar-refractivity contribution >= 4 is 18.0 Å². The van der Waals surface area contributed by atoms with Crippen LogP contribution in [0.5, 0.6) is 0 Å². The van der Waals surface area contributed by atoms with Gasteiger partial charge in [-0.3, -0.25) is 14.5 Å². The predicted octanol–water partition coefficient (Wildman–Crippen LogP) is 4.74. The lowest BCUT2D eigenvalue weighted by Crippen LogP contribution is -2.63. The van der Waals surface area contributed by atoms with E-state index in [9.17, 15) is 19.5 Å². The van der Waals surface area contributed by atoms with Crippen LogP contribution in [0, 0.1) is 11.8 Å². The summed E-state index contributed by atoms with van der Waals surface area (Å²) < 4.78 is 5.86. The maximum absolute atomic E-state index is 14.2. The largest absolute Gasteiger partial charge is 0.481 e. The van der Waals surface area contributed by atoms with Gasteiger partial charge in [-0.1, -0.05) is 85.8 Å². The first-order valence-corrected chi connectivity index (χ1v) is 14.8. The molecule has 3 aromatic rings. The molecule has 0 aromatic heterocycles. The first kappa shape index (κ1) is 28.0. The zero-order valence-electron chi connectivity index (χ0n) is 23.9. The molecule has 3 aromatic carbocycles. The van der Waals surface area contributed by atoms with Crippen molar-refractivity contribution in [2.24, 2.45) is 11.8 Å². The van der Waals surface area contributed by atoms with Gasteiger partial charge < -0.3 is 20.1 Å². The van der Waals surface area contributed by atoms with Crippen LogP contribution in [0.2, 0.25) is 0 Å².